The fraction of sp³-hybridized carbons (Fsp3) is 0.882. The molecule has 0 radical (unpaired) electrons. The normalized spacial score (nSPS) is 58.8. The van der Waals surface area contributed by atoms with Crippen molar-refractivity contribution in [2.45, 2.75) is 68.6 Å². The van der Waals surface area contributed by atoms with E-state index in [0.717, 1.165) is 0 Å². The van der Waals surface area contributed by atoms with Gasteiger partial charge in [0.1, 0.15) is 6.10 Å². The van der Waals surface area contributed by atoms with Crippen LogP contribution in [0.15, 0.2) is 0 Å². The highest BCUT2D eigenvalue weighted by Gasteiger charge is 2.96. The van der Waals surface area contributed by atoms with E-state index in [1.165, 1.54) is 0 Å². The van der Waals surface area contributed by atoms with Crippen molar-refractivity contribution in [3.8, 4) is 0 Å². The molecule has 5 rings (SSSR count). The Morgan fingerprint density at radius 3 is 2.52 bits per heavy atom. The lowest BCUT2D eigenvalue weighted by molar-refractivity contribution is -0.196. The summed E-state index contributed by atoms with van der Waals surface area (Å²) in [7, 11) is 0. The molecular weight excluding hydrogens is 396 g/mol. The summed E-state index contributed by atoms with van der Waals surface area (Å²) >= 11 is 3.47. The molecule has 3 heterocycles. The van der Waals surface area contributed by atoms with E-state index >= 15 is 0 Å². The third kappa shape index (κ3) is 1.33. The zero-order valence-corrected chi connectivity index (χ0v) is 15.8. The Kier molecular flexibility index (Phi) is 2.79. The molecule has 3 aliphatic heterocycles. The van der Waals surface area contributed by atoms with E-state index in [9.17, 15) is 19.8 Å². The molecule has 7 nitrogen and oxygen atoms in total. The van der Waals surface area contributed by atoms with Gasteiger partial charge in [0.05, 0.1) is 16.9 Å². The average Bonchev–Trinajstić information content (AvgIpc) is 3.15. The van der Waals surface area contributed by atoms with Gasteiger partial charge in [-0.15, -0.1) is 0 Å². The van der Waals surface area contributed by atoms with E-state index in [-0.39, 0.29) is 22.6 Å². The topological polar surface area (TPSA) is 102 Å². The lowest BCUT2D eigenvalue weighted by atomic mass is 9.52. The van der Waals surface area contributed by atoms with Crippen molar-refractivity contribution in [2.75, 3.05) is 0 Å². The number of aliphatic hydroxyl groups is 2. The Labute approximate surface area is 153 Å². The second-order valence-electron chi connectivity index (χ2n) is 9.13. The molecule has 2 N–H and O–H groups in total. The number of esters is 2. The molecule has 25 heavy (non-hydrogen) atoms. The Bertz CT molecular complexity index is 704. The molecule has 0 aromatic rings. The van der Waals surface area contributed by atoms with Crippen LogP contribution in [-0.4, -0.2) is 57.2 Å². The fourth-order valence-corrected chi connectivity index (χ4v) is 7.72. The van der Waals surface area contributed by atoms with Crippen molar-refractivity contribution < 1.29 is 34.0 Å². The SMILES string of the molecule is CC(C)(C)[C@@H]1C[C@H]2OC(=O)[C@]34C[C@@H](Br)[C@H](O)C23C12[C@@H](OC(=O)[C@H]2O)O4. The number of aliphatic hydroxyl groups excluding tert-OH is 2. The number of halogens is 1. The lowest BCUT2D eigenvalue weighted by Gasteiger charge is -2.47. The summed E-state index contributed by atoms with van der Waals surface area (Å²) in [6.45, 7) is 6.06. The number of carbonyl (C=O) groups is 2. The molecule has 2 saturated carbocycles. The first-order valence-electron chi connectivity index (χ1n) is 8.64. The second kappa shape index (κ2) is 4.24. The average molecular weight is 417 g/mol. The maximum atomic E-state index is 12.8. The van der Waals surface area contributed by atoms with Gasteiger partial charge in [-0.1, -0.05) is 36.7 Å². The van der Waals surface area contributed by atoms with E-state index < -0.39 is 53.0 Å². The van der Waals surface area contributed by atoms with Crippen LogP contribution in [0.2, 0.25) is 0 Å². The molecule has 2 unspecified atom stereocenters. The van der Waals surface area contributed by atoms with Gasteiger partial charge in [0.25, 0.3) is 0 Å². The second-order valence-corrected chi connectivity index (χ2v) is 10.3. The highest BCUT2D eigenvalue weighted by atomic mass is 79.9. The molecule has 138 valence electrons. The van der Waals surface area contributed by atoms with Gasteiger partial charge in [0.15, 0.2) is 11.7 Å². The highest BCUT2D eigenvalue weighted by Crippen LogP contribution is 2.82. The van der Waals surface area contributed by atoms with Gasteiger partial charge < -0.3 is 24.4 Å². The van der Waals surface area contributed by atoms with Crippen LogP contribution < -0.4 is 0 Å². The predicted octanol–water partition coefficient (Wildman–Crippen LogP) is 0.491. The number of hydrogen-bond donors (Lipinski definition) is 2. The number of carbonyl (C=O) groups excluding carboxylic acids is 2. The standard InChI is InChI=1S/C17H21BrO7/c1-14(2,3)7-4-8-17-9(19)6(18)5-15(17,12(22)23-8)25-13-16(7,17)10(20)11(21)24-13/h6-10,13,19-20H,4-5H2,1-3H3/t6-,7+,8-,9+,10-,13+,15-,16?,17?/m1/s1. The third-order valence-corrected chi connectivity index (χ3v) is 8.26. The van der Waals surface area contributed by atoms with Gasteiger partial charge in [-0.3, -0.25) is 0 Å². The minimum Gasteiger partial charge on any atom is -0.459 e. The van der Waals surface area contributed by atoms with Crippen LogP contribution in [0.5, 0.6) is 0 Å². The summed E-state index contributed by atoms with van der Waals surface area (Å²) in [5.41, 5.74) is -4.11. The van der Waals surface area contributed by atoms with Gasteiger partial charge in [-0.25, -0.2) is 9.59 Å². The van der Waals surface area contributed by atoms with Gasteiger partial charge in [0.2, 0.25) is 6.29 Å². The summed E-state index contributed by atoms with van der Waals surface area (Å²) in [4.78, 5) is 24.7. The van der Waals surface area contributed by atoms with Crippen LogP contribution in [-0.2, 0) is 23.8 Å². The van der Waals surface area contributed by atoms with Crippen LogP contribution in [0.25, 0.3) is 0 Å². The van der Waals surface area contributed by atoms with E-state index in [0.29, 0.717) is 6.42 Å². The van der Waals surface area contributed by atoms with Crippen molar-refractivity contribution in [2.24, 2.45) is 22.2 Å². The molecule has 5 aliphatic rings. The largest absolute Gasteiger partial charge is 0.459 e. The first kappa shape index (κ1) is 16.5. The van der Waals surface area contributed by atoms with Crippen molar-refractivity contribution in [3.63, 3.8) is 0 Å². The molecule has 3 saturated heterocycles. The van der Waals surface area contributed by atoms with Gasteiger partial charge in [-0.05, 0) is 17.8 Å². The quantitative estimate of drug-likeness (QED) is 0.437. The minimum absolute atomic E-state index is 0.223. The van der Waals surface area contributed by atoms with Crippen molar-refractivity contribution in [1.82, 2.24) is 0 Å². The van der Waals surface area contributed by atoms with Crippen LogP contribution in [0.1, 0.15) is 33.6 Å². The predicted molar refractivity (Wildman–Crippen MR) is 85.3 cm³/mol. The number of ether oxygens (including phenoxy) is 3. The Morgan fingerprint density at radius 1 is 1.20 bits per heavy atom. The van der Waals surface area contributed by atoms with E-state index in [2.05, 4.69) is 15.9 Å². The van der Waals surface area contributed by atoms with Crippen LogP contribution >= 0.6 is 15.9 Å². The maximum Gasteiger partial charge on any atom is 0.339 e. The zero-order valence-electron chi connectivity index (χ0n) is 14.2. The Morgan fingerprint density at radius 2 is 1.88 bits per heavy atom. The minimum atomic E-state index is -1.46. The molecule has 0 aromatic heterocycles. The summed E-state index contributed by atoms with van der Waals surface area (Å²) in [6.07, 6.45) is -3.44. The fourth-order valence-electron chi connectivity index (χ4n) is 6.85. The summed E-state index contributed by atoms with van der Waals surface area (Å²) in [6, 6.07) is 0. The van der Waals surface area contributed by atoms with Crippen molar-refractivity contribution in [3.05, 3.63) is 0 Å². The molecular formula is C17H21BrO7. The summed E-state index contributed by atoms with van der Waals surface area (Å²) in [5.74, 6) is -1.51. The van der Waals surface area contributed by atoms with Crippen LogP contribution in [0.3, 0.4) is 0 Å². The van der Waals surface area contributed by atoms with Gasteiger partial charge >= 0.3 is 11.9 Å². The number of alkyl halides is 1. The van der Waals surface area contributed by atoms with E-state index in [4.69, 9.17) is 14.2 Å². The summed E-state index contributed by atoms with van der Waals surface area (Å²) < 4.78 is 17.2. The van der Waals surface area contributed by atoms with E-state index in [1.54, 1.807) is 0 Å². The third-order valence-electron chi connectivity index (χ3n) is 7.43. The number of rotatable bonds is 0. The zero-order chi connectivity index (χ0) is 18.2. The first-order chi connectivity index (χ1) is 11.5. The molecule has 5 fully saturated rings. The molecule has 0 amide bonds. The molecule has 9 atom stereocenters. The molecule has 0 aromatic carbocycles. The molecule has 2 spiro atoms. The Balaban J connectivity index is 1.85. The monoisotopic (exact) mass is 416 g/mol. The maximum absolute atomic E-state index is 12.8. The number of hydrogen-bond acceptors (Lipinski definition) is 7. The first-order valence-corrected chi connectivity index (χ1v) is 9.56. The smallest absolute Gasteiger partial charge is 0.339 e. The van der Waals surface area contributed by atoms with Gasteiger partial charge in [0, 0.05) is 11.2 Å². The van der Waals surface area contributed by atoms with E-state index in [1.807, 2.05) is 20.8 Å². The van der Waals surface area contributed by atoms with Crippen LogP contribution in [0.4, 0.5) is 0 Å². The van der Waals surface area contributed by atoms with Crippen LogP contribution in [0, 0.1) is 22.2 Å². The van der Waals surface area contributed by atoms with Crippen molar-refractivity contribution in [1.29, 1.82) is 0 Å². The molecule has 0 bridgehead atoms. The Hall–Kier alpha value is -0.700. The van der Waals surface area contributed by atoms with Gasteiger partial charge in [-0.2, -0.15) is 0 Å². The lowest BCUT2D eigenvalue weighted by Crippen LogP contribution is -2.62. The highest BCUT2D eigenvalue weighted by molar-refractivity contribution is 9.09. The van der Waals surface area contributed by atoms with Crippen molar-refractivity contribution >= 4 is 27.9 Å². The summed E-state index contributed by atoms with van der Waals surface area (Å²) in [5, 5.41) is 22.2. The molecule has 2 aliphatic carbocycles. The molecule has 8 heteroatoms.